The lowest BCUT2D eigenvalue weighted by molar-refractivity contribution is 0.323. The van der Waals surface area contributed by atoms with Gasteiger partial charge in [-0.3, -0.25) is 0 Å². The summed E-state index contributed by atoms with van der Waals surface area (Å²) in [5, 5.41) is 8.44. The summed E-state index contributed by atoms with van der Waals surface area (Å²) in [6, 6.07) is 10.2. The van der Waals surface area contributed by atoms with E-state index in [1.54, 1.807) is 7.11 Å². The quantitative estimate of drug-likeness (QED) is 0.688. The summed E-state index contributed by atoms with van der Waals surface area (Å²) in [5.41, 5.74) is 1.26. The van der Waals surface area contributed by atoms with Crippen LogP contribution in [0.4, 0.5) is 0 Å². The third kappa shape index (κ3) is 4.33. The standard InChI is InChI=1S/C13H18N2O/c1-15(10-4-3-9-14)11-12-5-7-13(16-2)8-6-12/h5-8H,3-4,10-11H2,1-2H3. The molecule has 1 rings (SSSR count). The third-order valence-corrected chi connectivity index (χ3v) is 2.44. The van der Waals surface area contributed by atoms with Crippen LogP contribution < -0.4 is 4.74 Å². The average molecular weight is 218 g/mol. The van der Waals surface area contributed by atoms with Gasteiger partial charge in [0.15, 0.2) is 0 Å². The normalized spacial score (nSPS) is 10.1. The van der Waals surface area contributed by atoms with Gasteiger partial charge < -0.3 is 9.64 Å². The van der Waals surface area contributed by atoms with Crippen LogP contribution in [0.2, 0.25) is 0 Å². The number of ether oxygens (including phenoxy) is 1. The highest BCUT2D eigenvalue weighted by Crippen LogP contribution is 2.12. The van der Waals surface area contributed by atoms with Crippen molar-refractivity contribution in [1.29, 1.82) is 5.26 Å². The number of rotatable bonds is 6. The van der Waals surface area contributed by atoms with Crippen LogP contribution in [0.25, 0.3) is 0 Å². The van der Waals surface area contributed by atoms with Crippen LogP contribution >= 0.6 is 0 Å². The molecule has 0 aliphatic carbocycles. The van der Waals surface area contributed by atoms with Crippen LogP contribution in [-0.4, -0.2) is 25.6 Å². The highest BCUT2D eigenvalue weighted by atomic mass is 16.5. The minimum absolute atomic E-state index is 0.632. The van der Waals surface area contributed by atoms with Crippen molar-refractivity contribution >= 4 is 0 Å². The monoisotopic (exact) mass is 218 g/mol. The molecule has 0 aliphatic heterocycles. The summed E-state index contributed by atoms with van der Waals surface area (Å²) in [4.78, 5) is 2.22. The molecule has 0 unspecified atom stereocenters. The van der Waals surface area contributed by atoms with E-state index in [9.17, 15) is 0 Å². The van der Waals surface area contributed by atoms with Crippen molar-refractivity contribution in [3.63, 3.8) is 0 Å². The Bertz CT molecular complexity index is 340. The molecule has 1 aromatic rings. The molecule has 3 heteroatoms. The van der Waals surface area contributed by atoms with E-state index in [-0.39, 0.29) is 0 Å². The lowest BCUT2D eigenvalue weighted by atomic mass is 10.2. The number of hydrogen-bond donors (Lipinski definition) is 0. The highest BCUT2D eigenvalue weighted by molar-refractivity contribution is 5.26. The summed E-state index contributed by atoms with van der Waals surface area (Å²) in [6.07, 6.45) is 1.57. The molecule has 0 atom stereocenters. The maximum atomic E-state index is 8.44. The van der Waals surface area contributed by atoms with Gasteiger partial charge in [-0.15, -0.1) is 0 Å². The average Bonchev–Trinajstić information content (AvgIpc) is 2.30. The topological polar surface area (TPSA) is 36.3 Å². The van der Waals surface area contributed by atoms with Gasteiger partial charge in [-0.2, -0.15) is 5.26 Å². The van der Waals surface area contributed by atoms with Crippen LogP contribution in [0.15, 0.2) is 24.3 Å². The van der Waals surface area contributed by atoms with Gasteiger partial charge in [0.2, 0.25) is 0 Å². The SMILES string of the molecule is COc1ccc(CN(C)CCCC#N)cc1. The molecule has 0 spiro atoms. The summed E-state index contributed by atoms with van der Waals surface area (Å²) >= 11 is 0. The Balaban J connectivity index is 2.37. The molecule has 0 heterocycles. The minimum Gasteiger partial charge on any atom is -0.497 e. The molecule has 1 aromatic carbocycles. The van der Waals surface area contributed by atoms with Crippen LogP contribution in [0.1, 0.15) is 18.4 Å². The van der Waals surface area contributed by atoms with Crippen molar-refractivity contribution in [2.24, 2.45) is 0 Å². The molecule has 86 valence electrons. The summed E-state index contributed by atoms with van der Waals surface area (Å²) in [7, 11) is 3.74. The fourth-order valence-corrected chi connectivity index (χ4v) is 1.55. The van der Waals surface area contributed by atoms with Crippen molar-refractivity contribution in [2.75, 3.05) is 20.7 Å². The lowest BCUT2D eigenvalue weighted by Gasteiger charge is -2.15. The fourth-order valence-electron chi connectivity index (χ4n) is 1.55. The summed E-state index contributed by atoms with van der Waals surface area (Å²) in [6.45, 7) is 1.87. The number of nitrogens with zero attached hydrogens (tertiary/aromatic N) is 2. The molecular formula is C13H18N2O. The van der Waals surface area contributed by atoms with Gasteiger partial charge in [-0.1, -0.05) is 12.1 Å². The molecule has 16 heavy (non-hydrogen) atoms. The van der Waals surface area contributed by atoms with Gasteiger partial charge >= 0.3 is 0 Å². The van der Waals surface area contributed by atoms with E-state index >= 15 is 0 Å². The van der Waals surface area contributed by atoms with E-state index in [4.69, 9.17) is 10.00 Å². The molecule has 0 bridgehead atoms. The van der Waals surface area contributed by atoms with Crippen molar-refractivity contribution in [2.45, 2.75) is 19.4 Å². The second-order valence-electron chi connectivity index (χ2n) is 3.85. The second-order valence-corrected chi connectivity index (χ2v) is 3.85. The van der Waals surface area contributed by atoms with E-state index in [2.05, 4.69) is 30.1 Å². The lowest BCUT2D eigenvalue weighted by Crippen LogP contribution is -2.18. The van der Waals surface area contributed by atoms with Crippen molar-refractivity contribution in [1.82, 2.24) is 4.90 Å². The highest BCUT2D eigenvalue weighted by Gasteiger charge is 2.00. The zero-order valence-corrected chi connectivity index (χ0v) is 9.94. The number of methoxy groups -OCH3 is 1. The number of benzene rings is 1. The van der Waals surface area contributed by atoms with Crippen LogP contribution in [0.5, 0.6) is 5.75 Å². The van der Waals surface area contributed by atoms with Gasteiger partial charge in [-0.25, -0.2) is 0 Å². The number of nitriles is 1. The van der Waals surface area contributed by atoms with Gasteiger partial charge in [0, 0.05) is 13.0 Å². The molecule has 0 amide bonds. The van der Waals surface area contributed by atoms with Crippen molar-refractivity contribution < 1.29 is 4.74 Å². The van der Waals surface area contributed by atoms with Gasteiger partial charge in [0.05, 0.1) is 13.2 Å². The Morgan fingerprint density at radius 2 is 2.00 bits per heavy atom. The zero-order chi connectivity index (χ0) is 11.8. The summed E-state index contributed by atoms with van der Waals surface area (Å²) in [5.74, 6) is 0.885. The molecule has 3 nitrogen and oxygen atoms in total. The van der Waals surface area contributed by atoms with Crippen LogP contribution in [-0.2, 0) is 6.54 Å². The van der Waals surface area contributed by atoms with Crippen LogP contribution in [0.3, 0.4) is 0 Å². The molecule has 0 radical (unpaired) electrons. The van der Waals surface area contributed by atoms with E-state index in [1.807, 2.05) is 12.1 Å². The molecule has 0 aliphatic rings. The van der Waals surface area contributed by atoms with Gasteiger partial charge in [0.25, 0.3) is 0 Å². The molecular weight excluding hydrogens is 200 g/mol. The van der Waals surface area contributed by atoms with Crippen molar-refractivity contribution in [3.05, 3.63) is 29.8 Å². The molecule has 0 N–H and O–H groups in total. The molecule has 0 saturated carbocycles. The first-order valence-corrected chi connectivity index (χ1v) is 5.44. The first-order chi connectivity index (χ1) is 7.76. The van der Waals surface area contributed by atoms with E-state index in [0.717, 1.165) is 25.3 Å². The Morgan fingerprint density at radius 3 is 2.56 bits per heavy atom. The zero-order valence-electron chi connectivity index (χ0n) is 9.94. The Morgan fingerprint density at radius 1 is 1.31 bits per heavy atom. The Labute approximate surface area is 97.3 Å². The minimum atomic E-state index is 0.632. The second kappa shape index (κ2) is 6.86. The van der Waals surface area contributed by atoms with E-state index < -0.39 is 0 Å². The largest absolute Gasteiger partial charge is 0.497 e. The Kier molecular flexibility index (Phi) is 5.38. The smallest absolute Gasteiger partial charge is 0.118 e. The van der Waals surface area contributed by atoms with Gasteiger partial charge in [0.1, 0.15) is 5.75 Å². The van der Waals surface area contributed by atoms with Crippen LogP contribution in [0, 0.1) is 11.3 Å². The number of unbranched alkanes of at least 4 members (excludes halogenated alkanes) is 1. The van der Waals surface area contributed by atoms with Gasteiger partial charge in [-0.05, 0) is 37.7 Å². The predicted molar refractivity (Wildman–Crippen MR) is 64.2 cm³/mol. The molecule has 0 fully saturated rings. The molecule has 0 saturated heterocycles. The maximum absolute atomic E-state index is 8.44. The maximum Gasteiger partial charge on any atom is 0.118 e. The fraction of sp³-hybridized carbons (Fsp3) is 0.462. The Hall–Kier alpha value is -1.53. The third-order valence-electron chi connectivity index (χ3n) is 2.44. The predicted octanol–water partition coefficient (Wildman–Crippen LogP) is 2.43. The first-order valence-electron chi connectivity index (χ1n) is 5.44. The number of hydrogen-bond acceptors (Lipinski definition) is 3. The summed E-state index contributed by atoms with van der Waals surface area (Å²) < 4.78 is 5.10. The first kappa shape index (κ1) is 12.5. The molecule has 0 aromatic heterocycles. The van der Waals surface area contributed by atoms with Crippen molar-refractivity contribution in [3.8, 4) is 11.8 Å². The van der Waals surface area contributed by atoms with E-state index in [0.29, 0.717) is 6.42 Å². The van der Waals surface area contributed by atoms with E-state index in [1.165, 1.54) is 5.56 Å².